The van der Waals surface area contributed by atoms with E-state index in [4.69, 9.17) is 0 Å². The molecule has 7 aromatic carbocycles. The highest BCUT2D eigenvalue weighted by Crippen LogP contribution is 2.36. The van der Waals surface area contributed by atoms with Gasteiger partial charge < -0.3 is 0 Å². The van der Waals surface area contributed by atoms with Gasteiger partial charge in [0, 0.05) is 0 Å². The van der Waals surface area contributed by atoms with Gasteiger partial charge in [0.25, 0.3) is 0 Å². The first kappa shape index (κ1) is 28.8. The SMILES string of the molecule is C=C(C=Cc1ccccc1)c1cccc(-c2ccccc2)ccc(-c2ccc3ccccc3c2)c2ccc(-c3ccccc3)cc12. The maximum atomic E-state index is 4.61. The van der Waals surface area contributed by atoms with Crippen LogP contribution >= 0.6 is 0 Å². The monoisotopic (exact) mass is 586 g/mol. The van der Waals surface area contributed by atoms with Crippen LogP contribution in [-0.4, -0.2) is 0 Å². The summed E-state index contributed by atoms with van der Waals surface area (Å²) in [6, 6.07) is 64.8. The van der Waals surface area contributed by atoms with Crippen molar-refractivity contribution in [3.05, 3.63) is 206 Å². The molecule has 0 N–H and O–H groups in total. The summed E-state index contributed by atoms with van der Waals surface area (Å²) >= 11 is 0. The Morgan fingerprint density at radius 2 is 0.957 bits per heavy atom. The molecule has 7 aromatic rings. The molecular formula is C46H34. The first-order valence-electron chi connectivity index (χ1n) is 15.7. The predicted octanol–water partition coefficient (Wildman–Crippen LogP) is 12.8. The molecule has 7 rings (SSSR count). The zero-order valence-electron chi connectivity index (χ0n) is 25.7. The molecule has 0 aliphatic carbocycles. The zero-order chi connectivity index (χ0) is 31.1. The number of fused-ring (bicyclic) bond motifs is 2. The topological polar surface area (TPSA) is 0 Å². The van der Waals surface area contributed by atoms with Gasteiger partial charge in [-0.15, -0.1) is 0 Å². The first-order valence-corrected chi connectivity index (χ1v) is 15.7. The molecule has 0 saturated heterocycles. The lowest BCUT2D eigenvalue weighted by Gasteiger charge is -2.12. The maximum Gasteiger partial charge on any atom is -0.00932 e. The van der Waals surface area contributed by atoms with Crippen LogP contribution in [0.3, 0.4) is 0 Å². The van der Waals surface area contributed by atoms with Crippen LogP contribution in [-0.2, 0) is 0 Å². The van der Waals surface area contributed by atoms with E-state index in [0.717, 1.165) is 38.6 Å². The van der Waals surface area contributed by atoms with Gasteiger partial charge in [-0.05, 0) is 83.8 Å². The molecule has 46 heavy (non-hydrogen) atoms. The second-order valence-electron chi connectivity index (χ2n) is 11.5. The summed E-state index contributed by atoms with van der Waals surface area (Å²) in [7, 11) is 0. The van der Waals surface area contributed by atoms with Crippen LogP contribution in [0.4, 0.5) is 0 Å². The molecule has 0 saturated carbocycles. The highest BCUT2D eigenvalue weighted by Gasteiger charge is 2.10. The van der Waals surface area contributed by atoms with Crippen LogP contribution in [0.2, 0.25) is 0 Å². The third kappa shape index (κ3) is 6.29. The van der Waals surface area contributed by atoms with E-state index in [1.54, 1.807) is 0 Å². The van der Waals surface area contributed by atoms with Crippen LogP contribution in [0.25, 0.3) is 66.6 Å². The van der Waals surface area contributed by atoms with Crippen LogP contribution in [0.15, 0.2) is 195 Å². The first-order chi connectivity index (χ1) is 22.7. The van der Waals surface area contributed by atoms with Crippen LogP contribution in [0, 0.1) is 0 Å². The lowest BCUT2D eigenvalue weighted by Crippen LogP contribution is -1.87. The molecule has 0 heterocycles. The summed E-state index contributed by atoms with van der Waals surface area (Å²) < 4.78 is 0. The fraction of sp³-hybridized carbons (Fsp3) is 0. The minimum Gasteiger partial charge on any atom is -0.0911 e. The third-order valence-corrected chi connectivity index (χ3v) is 8.47. The minimum atomic E-state index is 0.948. The smallest absolute Gasteiger partial charge is 0.00932 e. The van der Waals surface area contributed by atoms with Crippen molar-refractivity contribution in [2.75, 3.05) is 0 Å². The van der Waals surface area contributed by atoms with Gasteiger partial charge in [0.15, 0.2) is 0 Å². The molecule has 0 amide bonds. The van der Waals surface area contributed by atoms with E-state index in [1.165, 1.54) is 33.0 Å². The second-order valence-corrected chi connectivity index (χ2v) is 11.5. The van der Waals surface area contributed by atoms with Crippen LogP contribution in [0.1, 0.15) is 11.1 Å². The van der Waals surface area contributed by atoms with Crippen molar-refractivity contribution in [1.82, 2.24) is 0 Å². The van der Waals surface area contributed by atoms with E-state index in [9.17, 15) is 0 Å². The van der Waals surface area contributed by atoms with Crippen molar-refractivity contribution in [3.8, 4) is 33.4 Å². The number of benzene rings is 6. The average molecular weight is 587 g/mol. The molecule has 0 fully saturated rings. The molecule has 0 aromatic heterocycles. The Kier molecular flexibility index (Phi) is 8.34. The lowest BCUT2D eigenvalue weighted by atomic mass is 9.91. The highest BCUT2D eigenvalue weighted by atomic mass is 14.1. The van der Waals surface area contributed by atoms with Crippen molar-refractivity contribution >= 4 is 33.2 Å². The van der Waals surface area contributed by atoms with Gasteiger partial charge in [-0.2, -0.15) is 0 Å². The van der Waals surface area contributed by atoms with Gasteiger partial charge in [-0.25, -0.2) is 0 Å². The lowest BCUT2D eigenvalue weighted by molar-refractivity contribution is 1.61. The molecule has 0 radical (unpaired) electrons. The molecule has 0 heteroatoms. The fourth-order valence-electron chi connectivity index (χ4n) is 6.03. The summed E-state index contributed by atoms with van der Waals surface area (Å²) in [5.41, 5.74) is 10.2. The average Bonchev–Trinajstić information content (AvgIpc) is 3.13. The molecule has 0 unspecified atom stereocenters. The van der Waals surface area contributed by atoms with E-state index in [0.29, 0.717) is 0 Å². The molecular weight excluding hydrogens is 553 g/mol. The Labute approximate surface area is 271 Å². The van der Waals surface area contributed by atoms with Gasteiger partial charge in [0.1, 0.15) is 0 Å². The maximum absolute atomic E-state index is 4.61. The van der Waals surface area contributed by atoms with Crippen molar-refractivity contribution < 1.29 is 0 Å². The van der Waals surface area contributed by atoms with Gasteiger partial charge in [0.05, 0.1) is 0 Å². The standard InChI is InChI=1S/C46H34/c1-34(24-25-35-14-5-2-6-15-35)43-23-13-22-38(36-16-7-3-8-17-36)28-30-44(42-27-26-39-20-11-12-21-40(39)32-42)45-31-29-41(33-46(43)45)37-18-9-4-10-19-37/h2-33H,1H2. The van der Waals surface area contributed by atoms with E-state index in [2.05, 4.69) is 195 Å². The number of rotatable bonds is 6. The van der Waals surface area contributed by atoms with Gasteiger partial charge >= 0.3 is 0 Å². The molecule has 0 bridgehead atoms. The molecule has 0 atom stereocenters. The zero-order valence-corrected chi connectivity index (χ0v) is 25.7. The van der Waals surface area contributed by atoms with E-state index in [1.807, 2.05) is 6.07 Å². The van der Waals surface area contributed by atoms with Gasteiger partial charge in [0.2, 0.25) is 0 Å². The van der Waals surface area contributed by atoms with E-state index in [-0.39, 0.29) is 0 Å². The fourth-order valence-corrected chi connectivity index (χ4v) is 6.03. The van der Waals surface area contributed by atoms with E-state index < -0.39 is 0 Å². The quantitative estimate of drug-likeness (QED) is 0.170. The Balaban J connectivity index is 1.55. The number of hydrogen-bond donors (Lipinski definition) is 0. The largest absolute Gasteiger partial charge is 0.0911 e. The normalized spacial score (nSPS) is 11.0. The van der Waals surface area contributed by atoms with Gasteiger partial charge in [-0.3, -0.25) is 0 Å². The summed E-state index contributed by atoms with van der Waals surface area (Å²) in [6.07, 6.45) is 4.27. The van der Waals surface area contributed by atoms with E-state index >= 15 is 0 Å². The summed E-state index contributed by atoms with van der Waals surface area (Å²) in [5, 5.41) is 4.76. The predicted molar refractivity (Wildman–Crippen MR) is 200 cm³/mol. The summed E-state index contributed by atoms with van der Waals surface area (Å²) in [4.78, 5) is 0. The van der Waals surface area contributed by atoms with Crippen molar-refractivity contribution in [1.29, 1.82) is 0 Å². The second kappa shape index (κ2) is 13.3. The van der Waals surface area contributed by atoms with Crippen molar-refractivity contribution in [2.45, 2.75) is 0 Å². The Morgan fingerprint density at radius 1 is 0.391 bits per heavy atom. The van der Waals surface area contributed by atoms with Crippen LogP contribution < -0.4 is 0 Å². The Morgan fingerprint density at radius 3 is 1.70 bits per heavy atom. The number of allylic oxidation sites excluding steroid dienone is 2. The Hall–Kier alpha value is -5.98. The molecule has 0 aliphatic heterocycles. The van der Waals surface area contributed by atoms with Gasteiger partial charge in [-0.1, -0.05) is 189 Å². The summed E-state index contributed by atoms with van der Waals surface area (Å²) in [6.45, 7) is 4.61. The molecule has 0 spiro atoms. The summed E-state index contributed by atoms with van der Waals surface area (Å²) in [5.74, 6) is 0. The van der Waals surface area contributed by atoms with Crippen LogP contribution in [0.5, 0.6) is 0 Å². The molecule has 0 nitrogen and oxygen atoms in total. The molecule has 0 aliphatic rings. The third-order valence-electron chi connectivity index (χ3n) is 8.47. The Bertz CT molecular complexity index is 2240. The number of hydrogen-bond acceptors (Lipinski definition) is 0. The molecule has 218 valence electrons. The minimum absolute atomic E-state index is 0.948. The van der Waals surface area contributed by atoms with Crippen molar-refractivity contribution in [3.63, 3.8) is 0 Å². The highest BCUT2D eigenvalue weighted by molar-refractivity contribution is 6.05. The van der Waals surface area contributed by atoms with Crippen molar-refractivity contribution in [2.24, 2.45) is 0 Å².